The van der Waals surface area contributed by atoms with Crippen molar-refractivity contribution in [3.8, 4) is 11.5 Å². The molecule has 0 radical (unpaired) electrons. The Balaban J connectivity index is 1.70. The minimum Gasteiger partial charge on any atom is -0.490 e. The van der Waals surface area contributed by atoms with Crippen LogP contribution in [-0.2, 0) is 6.61 Å². The summed E-state index contributed by atoms with van der Waals surface area (Å²) in [6, 6.07) is 16.1. The number of ether oxygens (including phenoxy) is 2. The van der Waals surface area contributed by atoms with Gasteiger partial charge in [-0.3, -0.25) is 4.79 Å². The fraction of sp³-hybridized carbons (Fsp3) is 0.125. The van der Waals surface area contributed by atoms with E-state index in [-0.39, 0.29) is 11.6 Å². The van der Waals surface area contributed by atoms with Crippen LogP contribution < -0.4 is 20.7 Å². The van der Waals surface area contributed by atoms with Gasteiger partial charge < -0.3 is 14.5 Å². The number of H-pyrrole nitrogens is 1. The highest BCUT2D eigenvalue weighted by molar-refractivity contribution is 9.10. The number of halogens is 3. The third kappa shape index (κ3) is 5.11. The van der Waals surface area contributed by atoms with Crippen molar-refractivity contribution in [3.05, 3.63) is 101 Å². The number of aromatic nitrogens is 2. The van der Waals surface area contributed by atoms with Crippen LogP contribution in [0.2, 0.25) is 5.02 Å². The fourth-order valence-corrected chi connectivity index (χ4v) is 4.13. The molecule has 1 heterocycles. The normalized spacial score (nSPS) is 11.3. The maximum atomic E-state index is 12.7. The molecule has 0 atom stereocenters. The first kappa shape index (κ1) is 24.3. The minimum atomic E-state index is -0.651. The van der Waals surface area contributed by atoms with Gasteiger partial charge in [0.2, 0.25) is 0 Å². The molecule has 0 aliphatic heterocycles. The van der Waals surface area contributed by atoms with E-state index >= 15 is 0 Å². The van der Waals surface area contributed by atoms with E-state index in [1.54, 1.807) is 30.3 Å². The van der Waals surface area contributed by atoms with Crippen LogP contribution >= 0.6 is 43.5 Å². The highest BCUT2D eigenvalue weighted by atomic mass is 79.9. The molecule has 0 aliphatic carbocycles. The first-order valence-electron chi connectivity index (χ1n) is 10.2. The van der Waals surface area contributed by atoms with Gasteiger partial charge >= 0.3 is 5.69 Å². The smallest absolute Gasteiger partial charge is 0.349 e. The Kier molecular flexibility index (Phi) is 7.55. The number of rotatable bonds is 7. The van der Waals surface area contributed by atoms with Crippen molar-refractivity contribution in [2.24, 2.45) is 5.10 Å². The maximum Gasteiger partial charge on any atom is 0.349 e. The number of hydrogen-bond donors (Lipinski definition) is 1. The van der Waals surface area contributed by atoms with Crippen LogP contribution in [-0.4, -0.2) is 22.5 Å². The molecule has 34 heavy (non-hydrogen) atoms. The van der Waals surface area contributed by atoms with E-state index in [1.807, 2.05) is 31.2 Å². The van der Waals surface area contributed by atoms with Gasteiger partial charge in [-0.2, -0.15) is 5.10 Å². The number of hydrogen-bond acceptors (Lipinski definition) is 5. The molecule has 0 fully saturated rings. The Bertz CT molecular complexity index is 1500. The summed E-state index contributed by atoms with van der Waals surface area (Å²) in [5.74, 6) is 0.783. The van der Waals surface area contributed by atoms with Crippen molar-refractivity contribution < 1.29 is 9.47 Å². The van der Waals surface area contributed by atoms with E-state index in [0.717, 1.165) is 14.7 Å². The molecule has 0 aliphatic rings. The van der Waals surface area contributed by atoms with E-state index in [2.05, 4.69) is 41.9 Å². The summed E-state index contributed by atoms with van der Waals surface area (Å²) in [6.45, 7) is 2.51. The molecular weight excluding hydrogens is 590 g/mol. The molecule has 0 bridgehead atoms. The molecule has 4 aromatic rings. The maximum absolute atomic E-state index is 12.7. The zero-order chi connectivity index (χ0) is 24.2. The fourth-order valence-electron chi connectivity index (χ4n) is 3.21. The molecule has 3 aromatic carbocycles. The molecule has 1 N–H and O–H groups in total. The van der Waals surface area contributed by atoms with Crippen molar-refractivity contribution in [1.82, 2.24) is 9.66 Å². The van der Waals surface area contributed by atoms with Crippen molar-refractivity contribution in [2.45, 2.75) is 13.5 Å². The van der Waals surface area contributed by atoms with E-state index in [0.29, 0.717) is 39.0 Å². The van der Waals surface area contributed by atoms with Crippen molar-refractivity contribution in [2.75, 3.05) is 6.61 Å². The first-order chi connectivity index (χ1) is 16.4. The monoisotopic (exact) mass is 605 g/mol. The van der Waals surface area contributed by atoms with Gasteiger partial charge in [0.05, 0.1) is 23.7 Å². The van der Waals surface area contributed by atoms with Crippen LogP contribution in [0.15, 0.2) is 78.2 Å². The molecule has 0 saturated heterocycles. The highest BCUT2D eigenvalue weighted by Gasteiger charge is 2.18. The van der Waals surface area contributed by atoms with Crippen LogP contribution in [0.3, 0.4) is 0 Å². The Labute approximate surface area is 216 Å². The second kappa shape index (κ2) is 10.6. The molecule has 0 saturated carbocycles. The summed E-state index contributed by atoms with van der Waals surface area (Å²) in [4.78, 5) is 27.8. The predicted molar refractivity (Wildman–Crippen MR) is 141 cm³/mol. The third-order valence-corrected chi connectivity index (χ3v) is 6.82. The molecule has 1 aromatic heterocycles. The van der Waals surface area contributed by atoms with E-state index in [4.69, 9.17) is 21.1 Å². The highest BCUT2D eigenvalue weighted by Crippen LogP contribution is 2.42. The van der Waals surface area contributed by atoms with Gasteiger partial charge in [0.25, 0.3) is 5.56 Å². The van der Waals surface area contributed by atoms with Crippen molar-refractivity contribution in [1.29, 1.82) is 0 Å². The van der Waals surface area contributed by atoms with Crippen LogP contribution in [0, 0.1) is 0 Å². The first-order valence-corrected chi connectivity index (χ1v) is 12.2. The van der Waals surface area contributed by atoms with Gasteiger partial charge in [-0.15, -0.1) is 4.68 Å². The number of para-hydroxylation sites is 1. The molecule has 0 amide bonds. The van der Waals surface area contributed by atoms with Gasteiger partial charge in [0.15, 0.2) is 11.5 Å². The molecule has 10 heteroatoms. The number of aromatic amines is 1. The van der Waals surface area contributed by atoms with Crippen LogP contribution in [0.25, 0.3) is 10.9 Å². The summed E-state index contributed by atoms with van der Waals surface area (Å²) in [6.07, 6.45) is 1.36. The largest absolute Gasteiger partial charge is 0.490 e. The Morgan fingerprint density at radius 2 is 1.82 bits per heavy atom. The molecule has 174 valence electrons. The standard InChI is InChI=1S/C24H18Br2ClN3O4/c1-2-33-19-11-15(12-28-30-23(31)17-5-3-4-6-18(17)29-24(30)32)20(26)21(27)22(19)34-13-14-7-9-16(25)10-8-14/h3-12H,2,13H2,1H3,(H,29,32). The van der Waals surface area contributed by atoms with Crippen LogP contribution in [0.1, 0.15) is 18.1 Å². The number of benzene rings is 3. The summed E-state index contributed by atoms with van der Waals surface area (Å²) in [7, 11) is 0. The summed E-state index contributed by atoms with van der Waals surface area (Å²) in [5, 5.41) is 4.74. The van der Waals surface area contributed by atoms with Gasteiger partial charge in [-0.05, 0) is 58.7 Å². The zero-order valence-electron chi connectivity index (χ0n) is 17.8. The number of fused-ring (bicyclic) bond motifs is 1. The Morgan fingerprint density at radius 3 is 2.56 bits per heavy atom. The summed E-state index contributed by atoms with van der Waals surface area (Å²) >= 11 is 13.5. The van der Waals surface area contributed by atoms with Crippen molar-refractivity contribution >= 4 is 60.6 Å². The topological polar surface area (TPSA) is 85.7 Å². The van der Waals surface area contributed by atoms with E-state index in [9.17, 15) is 9.59 Å². The number of nitrogens with one attached hydrogen (secondary N) is 1. The molecule has 0 spiro atoms. The lowest BCUT2D eigenvalue weighted by atomic mass is 10.2. The summed E-state index contributed by atoms with van der Waals surface area (Å²) in [5.41, 5.74) is 0.723. The van der Waals surface area contributed by atoms with Gasteiger partial charge in [-0.25, -0.2) is 4.79 Å². The van der Waals surface area contributed by atoms with Crippen LogP contribution in [0.5, 0.6) is 11.5 Å². The Hall–Kier alpha value is -2.88. The average Bonchev–Trinajstić information content (AvgIpc) is 2.83. The number of nitrogens with zero attached hydrogens (tertiary/aromatic N) is 2. The predicted octanol–water partition coefficient (Wildman–Crippen LogP) is 5.73. The zero-order valence-corrected chi connectivity index (χ0v) is 21.8. The van der Waals surface area contributed by atoms with Crippen LogP contribution in [0.4, 0.5) is 0 Å². The minimum absolute atomic E-state index is 0.282. The molecule has 7 nitrogen and oxygen atoms in total. The third-order valence-electron chi connectivity index (χ3n) is 4.85. The average molecular weight is 608 g/mol. The lowest BCUT2D eigenvalue weighted by Gasteiger charge is -2.16. The van der Waals surface area contributed by atoms with E-state index in [1.165, 1.54) is 6.21 Å². The molecule has 0 unspecified atom stereocenters. The molecular formula is C24H18Br2ClN3O4. The lowest BCUT2D eigenvalue weighted by Crippen LogP contribution is -2.32. The Morgan fingerprint density at radius 1 is 1.09 bits per heavy atom. The van der Waals surface area contributed by atoms with Gasteiger partial charge in [0.1, 0.15) is 11.6 Å². The summed E-state index contributed by atoms with van der Waals surface area (Å²) < 4.78 is 13.9. The second-order valence-corrected chi connectivity index (χ2v) is 9.19. The lowest BCUT2D eigenvalue weighted by molar-refractivity contribution is 0.269. The van der Waals surface area contributed by atoms with E-state index < -0.39 is 11.2 Å². The second-order valence-electron chi connectivity index (χ2n) is 7.11. The molecule has 4 rings (SSSR count). The van der Waals surface area contributed by atoms with Gasteiger partial charge in [-0.1, -0.05) is 51.8 Å². The van der Waals surface area contributed by atoms with Gasteiger partial charge in [0, 0.05) is 14.5 Å². The van der Waals surface area contributed by atoms with Crippen molar-refractivity contribution in [3.63, 3.8) is 0 Å². The quantitative estimate of drug-likeness (QED) is 0.272. The SMILES string of the molecule is CCOc1cc(C=Nn2c(=O)[nH]c3ccccc3c2=O)c(Br)c(Cl)c1OCc1ccc(Br)cc1.